The highest BCUT2D eigenvalue weighted by atomic mass is 32.1. The quantitative estimate of drug-likeness (QED) is 0.795. The molecule has 2 fully saturated rings. The van der Waals surface area contributed by atoms with Gasteiger partial charge >= 0.3 is 0 Å². The van der Waals surface area contributed by atoms with Crippen LogP contribution >= 0.6 is 11.3 Å². The summed E-state index contributed by atoms with van der Waals surface area (Å²) >= 11 is 1.77. The summed E-state index contributed by atoms with van der Waals surface area (Å²) in [5.41, 5.74) is 0.915. The van der Waals surface area contributed by atoms with Gasteiger partial charge < -0.3 is 9.80 Å². The van der Waals surface area contributed by atoms with E-state index in [-0.39, 0.29) is 30.2 Å². The van der Waals surface area contributed by atoms with E-state index >= 15 is 0 Å². The fourth-order valence-corrected chi connectivity index (χ4v) is 4.90. The number of aromatic nitrogens is 2. The van der Waals surface area contributed by atoms with Crippen molar-refractivity contribution >= 4 is 23.2 Å². The minimum Gasteiger partial charge on any atom is -0.340 e. The average Bonchev–Trinajstić information content (AvgIpc) is 3.38. The lowest BCUT2D eigenvalue weighted by atomic mass is 9.95. The Morgan fingerprint density at radius 3 is 2.63 bits per heavy atom. The molecule has 27 heavy (non-hydrogen) atoms. The number of rotatable bonds is 4. The van der Waals surface area contributed by atoms with Gasteiger partial charge in [-0.05, 0) is 17.5 Å². The van der Waals surface area contributed by atoms with E-state index in [9.17, 15) is 9.59 Å². The molecule has 2 amide bonds. The number of nitrogens with zero attached hydrogens (tertiary/aromatic N) is 5. The second-order valence-corrected chi connectivity index (χ2v) is 8.35. The van der Waals surface area contributed by atoms with Crippen LogP contribution in [0.5, 0.6) is 0 Å². The maximum Gasteiger partial charge on any atom is 0.228 e. The largest absolute Gasteiger partial charge is 0.340 e. The average molecular weight is 388 g/mol. The van der Waals surface area contributed by atoms with Crippen LogP contribution in [-0.2, 0) is 23.2 Å². The number of aryl methyl sites for hydroxylation is 1. The molecule has 2 aliphatic rings. The first-order valence-corrected chi connectivity index (χ1v) is 10.2. The van der Waals surface area contributed by atoms with Gasteiger partial charge in [0.2, 0.25) is 11.8 Å². The molecule has 2 aromatic rings. The van der Waals surface area contributed by atoms with E-state index < -0.39 is 0 Å². The molecule has 8 heteroatoms. The molecule has 2 saturated heterocycles. The predicted octanol–water partition coefficient (Wildman–Crippen LogP) is 1.35. The molecule has 0 bridgehead atoms. The molecular weight excluding hydrogens is 362 g/mol. The first-order valence-electron chi connectivity index (χ1n) is 9.31. The third-order valence-electron chi connectivity index (χ3n) is 5.71. The number of carbonyl (C=O) groups excluding carboxylic acids is 2. The summed E-state index contributed by atoms with van der Waals surface area (Å²) in [5, 5.41) is 6.32. The van der Waals surface area contributed by atoms with Crippen molar-refractivity contribution in [2.45, 2.75) is 19.0 Å². The molecule has 2 unspecified atom stereocenters. The molecule has 0 aliphatic carbocycles. The van der Waals surface area contributed by atoms with E-state index in [2.05, 4.69) is 27.5 Å². The summed E-state index contributed by atoms with van der Waals surface area (Å²) in [7, 11) is 3.64. The Morgan fingerprint density at radius 2 is 2.00 bits per heavy atom. The lowest BCUT2D eigenvalue weighted by Gasteiger charge is -2.36. The molecule has 2 atom stereocenters. The normalized spacial score (nSPS) is 24.0. The van der Waals surface area contributed by atoms with Gasteiger partial charge in [0.25, 0.3) is 0 Å². The van der Waals surface area contributed by atoms with Crippen molar-refractivity contribution < 1.29 is 9.59 Å². The molecule has 4 heterocycles. The lowest BCUT2D eigenvalue weighted by molar-refractivity contribution is -0.138. The zero-order chi connectivity index (χ0) is 19.0. The van der Waals surface area contributed by atoms with Crippen LogP contribution in [0.25, 0.3) is 0 Å². The van der Waals surface area contributed by atoms with Crippen LogP contribution in [0.3, 0.4) is 0 Å². The highest BCUT2D eigenvalue weighted by molar-refractivity contribution is 7.09. The smallest absolute Gasteiger partial charge is 0.228 e. The summed E-state index contributed by atoms with van der Waals surface area (Å²) in [6.45, 7) is 4.13. The monoisotopic (exact) mass is 387 g/mol. The summed E-state index contributed by atoms with van der Waals surface area (Å²) < 4.78 is 1.76. The number of hydrogen-bond donors (Lipinski definition) is 0. The van der Waals surface area contributed by atoms with Crippen molar-refractivity contribution in [3.8, 4) is 0 Å². The van der Waals surface area contributed by atoms with Crippen LogP contribution in [0.15, 0.2) is 29.8 Å². The van der Waals surface area contributed by atoms with Gasteiger partial charge in [-0.15, -0.1) is 11.3 Å². The van der Waals surface area contributed by atoms with E-state index in [1.54, 1.807) is 34.2 Å². The Morgan fingerprint density at radius 1 is 1.22 bits per heavy atom. The van der Waals surface area contributed by atoms with Gasteiger partial charge in [0.05, 0.1) is 17.7 Å². The molecular formula is C19H25N5O2S. The zero-order valence-electron chi connectivity index (χ0n) is 15.7. The van der Waals surface area contributed by atoms with Gasteiger partial charge in [-0.1, -0.05) is 6.07 Å². The summed E-state index contributed by atoms with van der Waals surface area (Å²) in [5.74, 6) is -0.215. The van der Waals surface area contributed by atoms with E-state index in [4.69, 9.17) is 0 Å². The Bertz CT molecular complexity index is 810. The molecule has 2 aliphatic heterocycles. The maximum absolute atomic E-state index is 13.2. The van der Waals surface area contributed by atoms with Crippen LogP contribution in [0.1, 0.15) is 23.0 Å². The molecule has 0 radical (unpaired) electrons. The number of amides is 2. The van der Waals surface area contributed by atoms with E-state index in [1.165, 1.54) is 4.88 Å². The molecule has 0 N–H and O–H groups in total. The Kier molecular flexibility index (Phi) is 5.01. The van der Waals surface area contributed by atoms with Crippen molar-refractivity contribution in [2.75, 3.05) is 33.2 Å². The Labute approximate surface area is 163 Å². The second-order valence-electron chi connectivity index (χ2n) is 7.32. The standard InChI is InChI=1S/C19H25N5O2S/c1-21-17(25)12-15(18(21)16-5-6-20-22(16)2)19(26)24-9-7-23(8-10-24)13-14-4-3-11-27-14/h3-6,11,15,18H,7-10,12-13H2,1-2H3. The van der Waals surface area contributed by atoms with Crippen molar-refractivity contribution in [2.24, 2.45) is 13.0 Å². The summed E-state index contributed by atoms with van der Waals surface area (Å²) in [6.07, 6.45) is 2.00. The minimum atomic E-state index is -0.332. The van der Waals surface area contributed by atoms with E-state index in [1.807, 2.05) is 18.0 Å². The van der Waals surface area contributed by atoms with Gasteiger partial charge in [0.1, 0.15) is 0 Å². The fraction of sp³-hybridized carbons (Fsp3) is 0.526. The first kappa shape index (κ1) is 18.2. The van der Waals surface area contributed by atoms with Gasteiger partial charge in [0.15, 0.2) is 0 Å². The molecule has 0 saturated carbocycles. The number of carbonyl (C=O) groups is 2. The van der Waals surface area contributed by atoms with Crippen molar-refractivity contribution in [3.05, 3.63) is 40.3 Å². The van der Waals surface area contributed by atoms with E-state index in [0.29, 0.717) is 0 Å². The van der Waals surface area contributed by atoms with Crippen LogP contribution in [0.2, 0.25) is 0 Å². The molecule has 0 spiro atoms. The van der Waals surface area contributed by atoms with Crippen molar-refractivity contribution in [1.29, 1.82) is 0 Å². The van der Waals surface area contributed by atoms with Crippen LogP contribution in [0.4, 0.5) is 0 Å². The van der Waals surface area contributed by atoms with Gasteiger partial charge in [-0.2, -0.15) is 5.10 Å². The van der Waals surface area contributed by atoms with Gasteiger partial charge in [-0.3, -0.25) is 19.2 Å². The van der Waals surface area contributed by atoms with E-state index in [0.717, 1.165) is 38.4 Å². The Balaban J connectivity index is 1.43. The zero-order valence-corrected chi connectivity index (χ0v) is 16.6. The molecule has 7 nitrogen and oxygen atoms in total. The predicted molar refractivity (Wildman–Crippen MR) is 103 cm³/mol. The second kappa shape index (κ2) is 7.44. The summed E-state index contributed by atoms with van der Waals surface area (Å²) in [6, 6.07) is 5.90. The minimum absolute atomic E-state index is 0.0240. The third kappa shape index (κ3) is 3.51. The number of piperazine rings is 1. The highest BCUT2D eigenvalue weighted by Gasteiger charge is 2.45. The first-order chi connectivity index (χ1) is 13.0. The maximum atomic E-state index is 13.2. The number of hydrogen-bond acceptors (Lipinski definition) is 5. The SMILES string of the molecule is CN1C(=O)CC(C(=O)N2CCN(Cc3cccs3)CC2)C1c1ccnn1C. The number of likely N-dealkylation sites (tertiary alicyclic amines) is 1. The van der Waals surface area contributed by atoms with Crippen molar-refractivity contribution in [1.82, 2.24) is 24.5 Å². The lowest BCUT2D eigenvalue weighted by Crippen LogP contribution is -2.50. The highest BCUT2D eigenvalue weighted by Crippen LogP contribution is 2.38. The van der Waals surface area contributed by atoms with Crippen LogP contribution in [-0.4, -0.2) is 69.5 Å². The van der Waals surface area contributed by atoms with Crippen molar-refractivity contribution in [3.63, 3.8) is 0 Å². The van der Waals surface area contributed by atoms with Crippen LogP contribution < -0.4 is 0 Å². The topological polar surface area (TPSA) is 61.7 Å². The molecule has 2 aromatic heterocycles. The number of thiophene rings is 1. The fourth-order valence-electron chi connectivity index (χ4n) is 4.15. The third-order valence-corrected chi connectivity index (χ3v) is 6.57. The molecule has 4 rings (SSSR count). The molecule has 0 aromatic carbocycles. The molecule has 144 valence electrons. The van der Waals surface area contributed by atoms with Gasteiger partial charge in [0, 0.05) is 64.3 Å². The van der Waals surface area contributed by atoms with Crippen LogP contribution in [0, 0.1) is 5.92 Å². The Hall–Kier alpha value is -2.19. The summed E-state index contributed by atoms with van der Waals surface area (Å²) in [4.78, 5) is 33.0. The van der Waals surface area contributed by atoms with Gasteiger partial charge in [-0.25, -0.2) is 0 Å².